The lowest BCUT2D eigenvalue weighted by atomic mass is 10.2. The molecule has 0 bridgehead atoms. The summed E-state index contributed by atoms with van der Waals surface area (Å²) in [6.45, 7) is 3.33. The Morgan fingerprint density at radius 3 is 2.59 bits per heavy atom. The fourth-order valence-electron chi connectivity index (χ4n) is 3.07. The normalized spacial score (nSPS) is 15.9. The van der Waals surface area contributed by atoms with E-state index in [0.717, 1.165) is 25.1 Å². The van der Waals surface area contributed by atoms with Gasteiger partial charge < -0.3 is 20.3 Å². The van der Waals surface area contributed by atoms with Gasteiger partial charge in [-0.15, -0.1) is 24.0 Å². The summed E-state index contributed by atoms with van der Waals surface area (Å²) in [6, 6.07) is 3.21. The van der Waals surface area contributed by atoms with Crippen LogP contribution in [0.2, 0.25) is 0 Å². The van der Waals surface area contributed by atoms with Gasteiger partial charge in [0.25, 0.3) is 0 Å². The molecule has 6 nitrogen and oxygen atoms in total. The maximum absolute atomic E-state index is 12.2. The lowest BCUT2D eigenvalue weighted by molar-refractivity contribution is -0.154. The van der Waals surface area contributed by atoms with Crippen molar-refractivity contribution >= 4 is 29.9 Å². The average Bonchev–Trinajstić information content (AvgIpc) is 2.94. The second-order valence-electron chi connectivity index (χ2n) is 6.87. The standard InChI is InChI=1S/C19H30F3N5O.HI/c1-23-18(25-8-6-12-27-10-4-2-3-5-11-27)26-14-16-7-9-24-17(13-16)28-15-19(20,21)22;/h7,9,13H,2-6,8,10-12,14-15H2,1H3,(H2,23,25,26);1H. The zero-order valence-electron chi connectivity index (χ0n) is 16.8. The Hall–Kier alpha value is -1.30. The Labute approximate surface area is 187 Å². The van der Waals surface area contributed by atoms with Gasteiger partial charge in [0.1, 0.15) is 0 Å². The molecule has 0 saturated carbocycles. The van der Waals surface area contributed by atoms with E-state index in [1.807, 2.05) is 0 Å². The predicted molar refractivity (Wildman–Crippen MR) is 119 cm³/mol. The number of hydrogen-bond donors (Lipinski definition) is 2. The molecular weight excluding hydrogens is 498 g/mol. The van der Waals surface area contributed by atoms with Crippen molar-refractivity contribution in [3.05, 3.63) is 23.9 Å². The van der Waals surface area contributed by atoms with Crippen molar-refractivity contribution in [3.8, 4) is 5.88 Å². The van der Waals surface area contributed by atoms with E-state index in [1.54, 1.807) is 13.1 Å². The molecule has 0 amide bonds. The first-order chi connectivity index (χ1) is 13.5. The number of aromatic nitrogens is 1. The Morgan fingerprint density at radius 1 is 1.21 bits per heavy atom. The van der Waals surface area contributed by atoms with E-state index in [2.05, 4.69) is 30.2 Å². The van der Waals surface area contributed by atoms with Gasteiger partial charge in [0.15, 0.2) is 12.6 Å². The first-order valence-electron chi connectivity index (χ1n) is 9.77. The third-order valence-electron chi connectivity index (χ3n) is 4.51. The van der Waals surface area contributed by atoms with Crippen molar-refractivity contribution in [1.82, 2.24) is 20.5 Å². The first-order valence-corrected chi connectivity index (χ1v) is 9.77. The van der Waals surface area contributed by atoms with Crippen LogP contribution in [0.5, 0.6) is 5.88 Å². The fourth-order valence-corrected chi connectivity index (χ4v) is 3.07. The minimum Gasteiger partial charge on any atom is -0.468 e. The molecule has 29 heavy (non-hydrogen) atoms. The third-order valence-corrected chi connectivity index (χ3v) is 4.51. The minimum atomic E-state index is -4.38. The van der Waals surface area contributed by atoms with Gasteiger partial charge in [-0.2, -0.15) is 13.2 Å². The van der Waals surface area contributed by atoms with E-state index in [1.165, 1.54) is 51.0 Å². The average molecular weight is 529 g/mol. The van der Waals surface area contributed by atoms with Crippen LogP contribution in [0.4, 0.5) is 13.2 Å². The number of alkyl halides is 3. The summed E-state index contributed by atoms with van der Waals surface area (Å²) in [7, 11) is 1.69. The lowest BCUT2D eigenvalue weighted by Crippen LogP contribution is -2.38. The highest BCUT2D eigenvalue weighted by Gasteiger charge is 2.28. The summed E-state index contributed by atoms with van der Waals surface area (Å²) in [5.74, 6) is 0.613. The van der Waals surface area contributed by atoms with Crippen molar-refractivity contribution in [2.24, 2.45) is 4.99 Å². The summed E-state index contributed by atoms with van der Waals surface area (Å²) in [5, 5.41) is 6.42. The van der Waals surface area contributed by atoms with Crippen LogP contribution in [0.25, 0.3) is 0 Å². The third kappa shape index (κ3) is 11.5. The van der Waals surface area contributed by atoms with Crippen LogP contribution in [-0.4, -0.2) is 61.9 Å². The van der Waals surface area contributed by atoms with Crippen LogP contribution in [0.1, 0.15) is 37.7 Å². The summed E-state index contributed by atoms with van der Waals surface area (Å²) >= 11 is 0. The van der Waals surface area contributed by atoms with Gasteiger partial charge in [-0.25, -0.2) is 4.98 Å². The molecule has 166 valence electrons. The van der Waals surface area contributed by atoms with Crippen LogP contribution in [0.15, 0.2) is 23.3 Å². The van der Waals surface area contributed by atoms with Crippen LogP contribution in [0.3, 0.4) is 0 Å². The second-order valence-corrected chi connectivity index (χ2v) is 6.87. The zero-order chi connectivity index (χ0) is 20.2. The Bertz CT molecular complexity index is 608. The van der Waals surface area contributed by atoms with Crippen molar-refractivity contribution in [2.75, 3.05) is 39.8 Å². The maximum atomic E-state index is 12.2. The van der Waals surface area contributed by atoms with Crippen LogP contribution < -0.4 is 15.4 Å². The number of ether oxygens (including phenoxy) is 1. The summed E-state index contributed by atoms with van der Waals surface area (Å²) in [6.07, 6.45) is 3.34. The van der Waals surface area contributed by atoms with Gasteiger partial charge in [0, 0.05) is 32.4 Å². The SMILES string of the molecule is CN=C(NCCCN1CCCCCC1)NCc1ccnc(OCC(F)(F)F)c1.I. The van der Waals surface area contributed by atoms with E-state index in [-0.39, 0.29) is 29.9 Å². The molecule has 0 atom stereocenters. The molecular formula is C19H31F3IN5O. The van der Waals surface area contributed by atoms with E-state index in [0.29, 0.717) is 12.5 Å². The Balaban J connectivity index is 0.00000420. The molecule has 10 heteroatoms. The highest BCUT2D eigenvalue weighted by molar-refractivity contribution is 14.0. The van der Waals surface area contributed by atoms with Gasteiger partial charge in [0.05, 0.1) is 0 Å². The number of aliphatic imine (C=N–C) groups is 1. The van der Waals surface area contributed by atoms with Crippen LogP contribution >= 0.6 is 24.0 Å². The molecule has 2 heterocycles. The second kappa shape index (κ2) is 13.8. The zero-order valence-corrected chi connectivity index (χ0v) is 19.1. The van der Waals surface area contributed by atoms with Gasteiger partial charge in [-0.05, 0) is 50.5 Å². The Morgan fingerprint density at radius 2 is 1.93 bits per heavy atom. The largest absolute Gasteiger partial charge is 0.468 e. The highest BCUT2D eigenvalue weighted by Crippen LogP contribution is 2.17. The number of hydrogen-bond acceptors (Lipinski definition) is 4. The number of halogens is 4. The number of rotatable bonds is 8. The van der Waals surface area contributed by atoms with Gasteiger partial charge >= 0.3 is 6.18 Å². The molecule has 2 N–H and O–H groups in total. The minimum absolute atomic E-state index is 0. The molecule has 2 rings (SSSR count). The first kappa shape index (κ1) is 25.7. The highest BCUT2D eigenvalue weighted by atomic mass is 127. The number of guanidine groups is 1. The maximum Gasteiger partial charge on any atom is 0.422 e. The lowest BCUT2D eigenvalue weighted by Gasteiger charge is -2.20. The summed E-state index contributed by atoms with van der Waals surface area (Å²) < 4.78 is 41.4. The number of pyridine rings is 1. The molecule has 1 aliphatic heterocycles. The molecule has 1 aromatic rings. The molecule has 0 aromatic carbocycles. The topological polar surface area (TPSA) is 61.8 Å². The smallest absolute Gasteiger partial charge is 0.422 e. The van der Waals surface area contributed by atoms with E-state index in [9.17, 15) is 13.2 Å². The van der Waals surface area contributed by atoms with E-state index in [4.69, 9.17) is 0 Å². The van der Waals surface area contributed by atoms with Gasteiger partial charge in [-0.1, -0.05) is 12.8 Å². The summed E-state index contributed by atoms with van der Waals surface area (Å²) in [4.78, 5) is 10.5. The molecule has 1 aromatic heterocycles. The molecule has 0 aliphatic carbocycles. The molecule has 0 unspecified atom stereocenters. The molecule has 1 aliphatic rings. The van der Waals surface area contributed by atoms with Crippen LogP contribution in [0, 0.1) is 0 Å². The van der Waals surface area contributed by atoms with Crippen LogP contribution in [-0.2, 0) is 6.54 Å². The molecule has 1 saturated heterocycles. The van der Waals surface area contributed by atoms with E-state index >= 15 is 0 Å². The monoisotopic (exact) mass is 529 g/mol. The molecule has 0 radical (unpaired) electrons. The molecule has 0 spiro atoms. The van der Waals surface area contributed by atoms with Crippen molar-refractivity contribution in [1.29, 1.82) is 0 Å². The fraction of sp³-hybridized carbons (Fsp3) is 0.684. The number of nitrogens with one attached hydrogen (secondary N) is 2. The molecule has 1 fully saturated rings. The van der Waals surface area contributed by atoms with Gasteiger partial charge in [-0.3, -0.25) is 4.99 Å². The number of likely N-dealkylation sites (tertiary alicyclic amines) is 1. The van der Waals surface area contributed by atoms with E-state index < -0.39 is 12.8 Å². The van der Waals surface area contributed by atoms with Crippen molar-refractivity contribution < 1.29 is 17.9 Å². The number of nitrogens with zero attached hydrogens (tertiary/aromatic N) is 3. The predicted octanol–water partition coefficient (Wildman–Crippen LogP) is 3.57. The van der Waals surface area contributed by atoms with Gasteiger partial charge in [0.2, 0.25) is 5.88 Å². The van der Waals surface area contributed by atoms with Crippen molar-refractivity contribution in [2.45, 2.75) is 44.8 Å². The Kier molecular flexibility index (Phi) is 12.3. The quantitative estimate of drug-likeness (QED) is 0.234. The summed E-state index contributed by atoms with van der Waals surface area (Å²) in [5.41, 5.74) is 0.764. The van der Waals surface area contributed by atoms with Crippen molar-refractivity contribution in [3.63, 3.8) is 0 Å².